The van der Waals surface area contributed by atoms with E-state index in [2.05, 4.69) is 11.6 Å². The monoisotopic (exact) mass is 245 g/mol. The fourth-order valence-electron chi connectivity index (χ4n) is 1.62. The molecule has 0 radical (unpaired) electrons. The fraction of sp³-hybridized carbons (Fsp3) is 0.917. The van der Waals surface area contributed by atoms with Crippen LogP contribution in [-0.2, 0) is 9.53 Å². The summed E-state index contributed by atoms with van der Waals surface area (Å²) in [6, 6.07) is 0. The molecule has 0 atom stereocenters. The van der Waals surface area contributed by atoms with Crippen molar-refractivity contribution >= 4 is 17.7 Å². The average molecular weight is 245 g/mol. The number of nitrogens with one attached hydrogen (secondary N) is 1. The molecule has 0 saturated heterocycles. The maximum atomic E-state index is 11.5. The zero-order valence-electron chi connectivity index (χ0n) is 10.8. The van der Waals surface area contributed by atoms with Gasteiger partial charge >= 0.3 is 0 Å². The third-order valence-electron chi connectivity index (χ3n) is 2.94. The largest absolute Gasteiger partial charge is 0.366 e. The Morgan fingerprint density at radius 2 is 2.06 bits per heavy atom. The highest BCUT2D eigenvalue weighted by Gasteiger charge is 2.36. The van der Waals surface area contributed by atoms with Gasteiger partial charge in [0.25, 0.3) is 0 Å². The Balaban J connectivity index is 2.20. The van der Waals surface area contributed by atoms with Crippen molar-refractivity contribution < 1.29 is 9.53 Å². The van der Waals surface area contributed by atoms with E-state index in [1.54, 1.807) is 0 Å². The van der Waals surface area contributed by atoms with Crippen LogP contribution in [0.2, 0.25) is 0 Å². The number of rotatable bonds is 5. The molecule has 0 aliphatic heterocycles. The van der Waals surface area contributed by atoms with Crippen molar-refractivity contribution in [3.63, 3.8) is 0 Å². The minimum atomic E-state index is -0.245. The van der Waals surface area contributed by atoms with Crippen molar-refractivity contribution in [1.82, 2.24) is 5.32 Å². The molecule has 0 heterocycles. The second-order valence-electron chi connectivity index (χ2n) is 5.42. The number of amides is 1. The van der Waals surface area contributed by atoms with Gasteiger partial charge in [-0.2, -0.15) is 11.8 Å². The van der Waals surface area contributed by atoms with Crippen LogP contribution in [-0.4, -0.2) is 35.7 Å². The molecule has 1 aliphatic carbocycles. The Morgan fingerprint density at radius 1 is 1.44 bits per heavy atom. The van der Waals surface area contributed by atoms with Crippen LogP contribution in [0.15, 0.2) is 0 Å². The van der Waals surface area contributed by atoms with E-state index in [1.807, 2.05) is 32.5 Å². The Kier molecular flexibility index (Phi) is 4.68. The summed E-state index contributed by atoms with van der Waals surface area (Å²) in [5.41, 5.74) is -0.245. The van der Waals surface area contributed by atoms with Crippen LogP contribution >= 0.6 is 11.8 Å². The molecule has 1 fully saturated rings. The Labute approximate surface area is 103 Å². The molecule has 0 aromatic heterocycles. The molecule has 4 heteroatoms. The van der Waals surface area contributed by atoms with E-state index in [0.717, 1.165) is 6.54 Å². The van der Waals surface area contributed by atoms with Crippen molar-refractivity contribution in [3.05, 3.63) is 0 Å². The van der Waals surface area contributed by atoms with Crippen molar-refractivity contribution in [2.24, 2.45) is 0 Å². The van der Waals surface area contributed by atoms with E-state index in [4.69, 9.17) is 4.74 Å². The summed E-state index contributed by atoms with van der Waals surface area (Å²) in [7, 11) is 0. The van der Waals surface area contributed by atoms with Crippen molar-refractivity contribution in [2.45, 2.75) is 50.4 Å². The van der Waals surface area contributed by atoms with Crippen LogP contribution in [0.5, 0.6) is 0 Å². The predicted molar refractivity (Wildman–Crippen MR) is 68.8 cm³/mol. The maximum Gasteiger partial charge on any atom is 0.246 e. The molecule has 16 heavy (non-hydrogen) atoms. The number of carbonyl (C=O) groups excluding carboxylic acids is 1. The summed E-state index contributed by atoms with van der Waals surface area (Å²) in [6.45, 7) is 6.80. The maximum absolute atomic E-state index is 11.5. The second-order valence-corrected chi connectivity index (χ2v) is 6.69. The van der Waals surface area contributed by atoms with Crippen molar-refractivity contribution in [1.29, 1.82) is 0 Å². The molecule has 1 saturated carbocycles. The molecule has 1 amide bonds. The first-order chi connectivity index (χ1) is 7.37. The predicted octanol–water partition coefficient (Wildman–Crippen LogP) is 2.20. The van der Waals surface area contributed by atoms with Gasteiger partial charge in [-0.05, 0) is 39.9 Å². The van der Waals surface area contributed by atoms with Gasteiger partial charge in [0.05, 0.1) is 5.60 Å². The van der Waals surface area contributed by atoms with Gasteiger partial charge in [0.1, 0.15) is 6.61 Å². The highest BCUT2D eigenvalue weighted by molar-refractivity contribution is 8.00. The molecule has 94 valence electrons. The number of ether oxygens (including phenoxy) is 1. The van der Waals surface area contributed by atoms with E-state index in [1.165, 1.54) is 19.3 Å². The van der Waals surface area contributed by atoms with E-state index >= 15 is 0 Å². The number of carbonyl (C=O) groups is 1. The standard InChI is InChI=1S/C12H23NO2S/c1-11(2,3)15-8-10(14)13-9-12(16-4)6-5-7-12/h5-9H2,1-4H3,(H,13,14). The molecule has 1 N–H and O–H groups in total. The molecule has 0 unspecified atom stereocenters. The molecular formula is C12H23NO2S. The first kappa shape index (κ1) is 13.8. The molecule has 0 spiro atoms. The van der Waals surface area contributed by atoms with Gasteiger partial charge in [0.2, 0.25) is 5.91 Å². The molecular weight excluding hydrogens is 222 g/mol. The lowest BCUT2D eigenvalue weighted by atomic mass is 9.84. The van der Waals surface area contributed by atoms with Crippen LogP contribution in [0.4, 0.5) is 0 Å². The van der Waals surface area contributed by atoms with Gasteiger partial charge in [0.15, 0.2) is 0 Å². The summed E-state index contributed by atoms with van der Waals surface area (Å²) in [5, 5.41) is 2.96. The molecule has 1 aliphatic rings. The average Bonchev–Trinajstić information content (AvgIpc) is 2.13. The van der Waals surface area contributed by atoms with E-state index in [9.17, 15) is 4.79 Å². The lowest BCUT2D eigenvalue weighted by Gasteiger charge is -2.40. The first-order valence-corrected chi connectivity index (χ1v) is 7.05. The quantitative estimate of drug-likeness (QED) is 0.807. The van der Waals surface area contributed by atoms with Gasteiger partial charge in [-0.25, -0.2) is 0 Å². The Hall–Kier alpha value is -0.220. The minimum absolute atomic E-state index is 0.00440. The highest BCUT2D eigenvalue weighted by Crippen LogP contribution is 2.42. The fourth-order valence-corrected chi connectivity index (χ4v) is 2.53. The lowest BCUT2D eigenvalue weighted by Crippen LogP contribution is -2.46. The van der Waals surface area contributed by atoms with Crippen molar-refractivity contribution in [3.8, 4) is 0 Å². The normalized spacial score (nSPS) is 19.0. The van der Waals surface area contributed by atoms with E-state index in [0.29, 0.717) is 4.75 Å². The van der Waals surface area contributed by atoms with Gasteiger partial charge in [0, 0.05) is 11.3 Å². The number of thioether (sulfide) groups is 1. The minimum Gasteiger partial charge on any atom is -0.366 e. The third-order valence-corrected chi connectivity index (χ3v) is 4.36. The summed E-state index contributed by atoms with van der Waals surface area (Å²) in [5.74, 6) is -0.00440. The van der Waals surface area contributed by atoms with E-state index < -0.39 is 0 Å². The van der Waals surface area contributed by atoms with Gasteiger partial charge in [-0.15, -0.1) is 0 Å². The molecule has 1 rings (SSSR count). The van der Waals surface area contributed by atoms with Crippen LogP contribution in [0, 0.1) is 0 Å². The number of hydrogen-bond acceptors (Lipinski definition) is 3. The summed E-state index contributed by atoms with van der Waals surface area (Å²) in [4.78, 5) is 11.5. The van der Waals surface area contributed by atoms with Crippen LogP contribution in [0.25, 0.3) is 0 Å². The van der Waals surface area contributed by atoms with Crippen LogP contribution < -0.4 is 5.32 Å². The van der Waals surface area contributed by atoms with E-state index in [-0.39, 0.29) is 18.1 Å². The van der Waals surface area contributed by atoms with Crippen molar-refractivity contribution in [2.75, 3.05) is 19.4 Å². The SMILES string of the molecule is CSC1(CNC(=O)COC(C)(C)C)CCC1. The molecule has 0 aromatic carbocycles. The van der Waals surface area contributed by atoms with Gasteiger partial charge in [-0.1, -0.05) is 6.42 Å². The Bertz CT molecular complexity index is 238. The third kappa shape index (κ3) is 4.34. The van der Waals surface area contributed by atoms with Gasteiger partial charge in [-0.3, -0.25) is 4.79 Å². The van der Waals surface area contributed by atoms with Crippen LogP contribution in [0.1, 0.15) is 40.0 Å². The van der Waals surface area contributed by atoms with Crippen LogP contribution in [0.3, 0.4) is 0 Å². The summed E-state index contributed by atoms with van der Waals surface area (Å²) < 4.78 is 5.73. The van der Waals surface area contributed by atoms with Gasteiger partial charge < -0.3 is 10.1 Å². The number of hydrogen-bond donors (Lipinski definition) is 1. The first-order valence-electron chi connectivity index (χ1n) is 5.83. The molecule has 0 aromatic rings. The summed E-state index contributed by atoms with van der Waals surface area (Å²) >= 11 is 1.87. The topological polar surface area (TPSA) is 38.3 Å². The summed E-state index contributed by atoms with van der Waals surface area (Å²) in [6.07, 6.45) is 5.84. The zero-order chi connectivity index (χ0) is 12.2. The molecule has 0 bridgehead atoms. The second kappa shape index (κ2) is 5.41. The smallest absolute Gasteiger partial charge is 0.246 e. The lowest BCUT2D eigenvalue weighted by molar-refractivity contribution is -0.130. The zero-order valence-corrected chi connectivity index (χ0v) is 11.6. The Morgan fingerprint density at radius 3 is 2.44 bits per heavy atom. The highest BCUT2D eigenvalue weighted by atomic mass is 32.2. The molecule has 3 nitrogen and oxygen atoms in total.